The number of hydrogen-bond donors (Lipinski definition) is 1. The van der Waals surface area contributed by atoms with Crippen molar-refractivity contribution in [1.29, 1.82) is 0 Å². The Morgan fingerprint density at radius 2 is 2.11 bits per heavy atom. The molecular weight excluding hydrogens is 254 g/mol. The first kappa shape index (κ1) is 16.6. The summed E-state index contributed by atoms with van der Waals surface area (Å²) in [6, 6.07) is 2.90. The summed E-state index contributed by atoms with van der Waals surface area (Å²) in [6.45, 7) is 8.01. The maximum atomic E-state index is 10.8. The van der Waals surface area contributed by atoms with Gasteiger partial charge in [0.2, 0.25) is 5.82 Å². The van der Waals surface area contributed by atoms with Crippen LogP contribution in [0.1, 0.15) is 40.5 Å². The predicted octanol–water partition coefficient (Wildman–Crippen LogP) is 4.27. The summed E-state index contributed by atoms with van der Waals surface area (Å²) >= 11 is 5.71. The third-order valence-corrected chi connectivity index (χ3v) is 2.35. The van der Waals surface area contributed by atoms with E-state index in [9.17, 15) is 10.1 Å². The second-order valence-corrected chi connectivity index (χ2v) is 3.98. The van der Waals surface area contributed by atoms with Crippen molar-refractivity contribution < 1.29 is 4.92 Å². The molecule has 0 amide bonds. The number of pyridine rings is 1. The lowest BCUT2D eigenvalue weighted by molar-refractivity contribution is -0.384. The molecule has 0 aliphatic heterocycles. The van der Waals surface area contributed by atoms with E-state index in [1.54, 1.807) is 0 Å². The molecule has 5 nitrogen and oxygen atoms in total. The van der Waals surface area contributed by atoms with E-state index >= 15 is 0 Å². The molecule has 1 rings (SSSR count). The molecule has 1 aromatic heterocycles. The van der Waals surface area contributed by atoms with Crippen molar-refractivity contribution in [2.24, 2.45) is 0 Å². The van der Waals surface area contributed by atoms with Crippen molar-refractivity contribution in [2.45, 2.75) is 46.6 Å². The SMILES string of the molecule is CC.CCCC(C)Nc1nc(Cl)ccc1[N+](=O)[O-]. The monoisotopic (exact) mass is 273 g/mol. The molecule has 1 N–H and O–H groups in total. The lowest BCUT2D eigenvalue weighted by atomic mass is 10.2. The highest BCUT2D eigenvalue weighted by molar-refractivity contribution is 6.29. The average molecular weight is 274 g/mol. The van der Waals surface area contributed by atoms with Gasteiger partial charge in [0.15, 0.2) is 0 Å². The minimum Gasteiger partial charge on any atom is -0.362 e. The van der Waals surface area contributed by atoms with Gasteiger partial charge in [-0.3, -0.25) is 10.1 Å². The Morgan fingerprint density at radius 3 is 2.61 bits per heavy atom. The Bertz CT molecular complexity index is 386. The van der Waals surface area contributed by atoms with Gasteiger partial charge in [-0.05, 0) is 19.4 Å². The highest BCUT2D eigenvalue weighted by Gasteiger charge is 2.16. The fourth-order valence-electron chi connectivity index (χ4n) is 1.42. The second kappa shape index (κ2) is 8.69. The molecule has 1 heterocycles. The lowest BCUT2D eigenvalue weighted by Gasteiger charge is -2.13. The molecule has 18 heavy (non-hydrogen) atoms. The van der Waals surface area contributed by atoms with Gasteiger partial charge in [-0.25, -0.2) is 4.98 Å². The number of halogens is 1. The topological polar surface area (TPSA) is 68.1 Å². The largest absolute Gasteiger partial charge is 0.362 e. The molecule has 0 bridgehead atoms. The molecule has 0 aromatic carbocycles. The van der Waals surface area contributed by atoms with Gasteiger partial charge >= 0.3 is 5.69 Å². The van der Waals surface area contributed by atoms with Crippen LogP contribution >= 0.6 is 11.6 Å². The van der Waals surface area contributed by atoms with Crippen LogP contribution < -0.4 is 5.32 Å². The Morgan fingerprint density at radius 1 is 1.50 bits per heavy atom. The van der Waals surface area contributed by atoms with Gasteiger partial charge in [0, 0.05) is 12.1 Å². The zero-order valence-corrected chi connectivity index (χ0v) is 12.0. The van der Waals surface area contributed by atoms with E-state index in [-0.39, 0.29) is 22.7 Å². The van der Waals surface area contributed by atoms with Gasteiger partial charge in [-0.2, -0.15) is 0 Å². The normalized spacial score (nSPS) is 11.2. The fraction of sp³-hybridized carbons (Fsp3) is 0.583. The highest BCUT2D eigenvalue weighted by atomic mass is 35.5. The van der Waals surface area contributed by atoms with Crippen molar-refractivity contribution >= 4 is 23.1 Å². The van der Waals surface area contributed by atoms with E-state index in [0.717, 1.165) is 12.8 Å². The molecule has 1 unspecified atom stereocenters. The van der Waals surface area contributed by atoms with Crippen LogP contribution in [-0.4, -0.2) is 15.9 Å². The van der Waals surface area contributed by atoms with Gasteiger partial charge in [-0.1, -0.05) is 38.8 Å². The molecular formula is C12H20ClN3O2. The Balaban J connectivity index is 0.00000137. The molecule has 0 saturated carbocycles. The first-order valence-corrected chi connectivity index (χ1v) is 6.49. The summed E-state index contributed by atoms with van der Waals surface area (Å²) in [5.74, 6) is 0.235. The molecule has 1 aromatic rings. The molecule has 6 heteroatoms. The van der Waals surface area contributed by atoms with Crippen molar-refractivity contribution in [1.82, 2.24) is 4.98 Å². The van der Waals surface area contributed by atoms with Crippen LogP contribution in [0.3, 0.4) is 0 Å². The number of nitro groups is 1. The van der Waals surface area contributed by atoms with Crippen LogP contribution in [0.25, 0.3) is 0 Å². The number of nitrogens with one attached hydrogen (secondary N) is 1. The maximum absolute atomic E-state index is 10.8. The minimum atomic E-state index is -0.468. The Labute approximate surface area is 113 Å². The van der Waals surface area contributed by atoms with Gasteiger partial charge < -0.3 is 5.32 Å². The van der Waals surface area contributed by atoms with Crippen LogP contribution in [0.5, 0.6) is 0 Å². The summed E-state index contributed by atoms with van der Waals surface area (Å²) < 4.78 is 0. The maximum Gasteiger partial charge on any atom is 0.311 e. The molecule has 0 aliphatic carbocycles. The first-order chi connectivity index (χ1) is 8.54. The molecule has 0 saturated heterocycles. The van der Waals surface area contributed by atoms with E-state index in [1.807, 2.05) is 20.8 Å². The van der Waals surface area contributed by atoms with Crippen molar-refractivity contribution in [3.05, 3.63) is 27.4 Å². The molecule has 0 spiro atoms. The van der Waals surface area contributed by atoms with Crippen molar-refractivity contribution in [3.8, 4) is 0 Å². The second-order valence-electron chi connectivity index (χ2n) is 3.59. The van der Waals surface area contributed by atoms with Crippen LogP contribution in [-0.2, 0) is 0 Å². The summed E-state index contributed by atoms with van der Waals surface area (Å²) in [5.41, 5.74) is -0.0487. The van der Waals surface area contributed by atoms with E-state index < -0.39 is 4.92 Å². The van der Waals surface area contributed by atoms with E-state index in [0.29, 0.717) is 0 Å². The summed E-state index contributed by atoms with van der Waals surface area (Å²) in [7, 11) is 0. The number of rotatable bonds is 5. The number of nitrogens with zero attached hydrogens (tertiary/aromatic N) is 2. The van der Waals surface area contributed by atoms with E-state index in [4.69, 9.17) is 11.6 Å². The Kier molecular flexibility index (Phi) is 8.03. The summed E-state index contributed by atoms with van der Waals surface area (Å²) in [6.07, 6.45) is 1.92. The zero-order valence-electron chi connectivity index (χ0n) is 11.2. The molecule has 0 radical (unpaired) electrons. The molecule has 0 fully saturated rings. The highest BCUT2D eigenvalue weighted by Crippen LogP contribution is 2.24. The van der Waals surface area contributed by atoms with Gasteiger partial charge in [0.05, 0.1) is 4.92 Å². The number of anilines is 1. The van der Waals surface area contributed by atoms with E-state index in [2.05, 4.69) is 17.2 Å². The number of aromatic nitrogens is 1. The summed E-state index contributed by atoms with van der Waals surface area (Å²) in [5, 5.41) is 14.0. The van der Waals surface area contributed by atoms with E-state index in [1.165, 1.54) is 12.1 Å². The number of hydrogen-bond acceptors (Lipinski definition) is 4. The van der Waals surface area contributed by atoms with Crippen LogP contribution in [0.4, 0.5) is 11.5 Å². The quantitative estimate of drug-likeness (QED) is 0.494. The fourth-order valence-corrected chi connectivity index (χ4v) is 1.57. The van der Waals surface area contributed by atoms with Gasteiger partial charge in [0.25, 0.3) is 0 Å². The average Bonchev–Trinajstić information content (AvgIpc) is 2.31. The smallest absolute Gasteiger partial charge is 0.311 e. The summed E-state index contributed by atoms with van der Waals surface area (Å²) in [4.78, 5) is 14.2. The predicted molar refractivity (Wildman–Crippen MR) is 75.2 cm³/mol. The molecule has 0 aliphatic rings. The zero-order chi connectivity index (χ0) is 14.1. The van der Waals surface area contributed by atoms with Gasteiger partial charge in [0.1, 0.15) is 5.15 Å². The van der Waals surface area contributed by atoms with Crippen molar-refractivity contribution in [3.63, 3.8) is 0 Å². The lowest BCUT2D eigenvalue weighted by Crippen LogP contribution is -2.16. The standard InChI is InChI=1S/C10H14ClN3O2.C2H6/c1-3-4-7(2)12-10-8(14(15)16)5-6-9(11)13-10;1-2/h5-7H,3-4H2,1-2H3,(H,12,13);1-2H3. The van der Waals surface area contributed by atoms with Crippen LogP contribution in [0.2, 0.25) is 5.15 Å². The third kappa shape index (κ3) is 5.31. The first-order valence-electron chi connectivity index (χ1n) is 6.12. The van der Waals surface area contributed by atoms with Crippen LogP contribution in [0, 0.1) is 10.1 Å². The van der Waals surface area contributed by atoms with Gasteiger partial charge in [-0.15, -0.1) is 0 Å². The molecule has 102 valence electrons. The van der Waals surface area contributed by atoms with Crippen molar-refractivity contribution in [2.75, 3.05) is 5.32 Å². The third-order valence-electron chi connectivity index (χ3n) is 2.14. The van der Waals surface area contributed by atoms with Crippen LogP contribution in [0.15, 0.2) is 12.1 Å². The minimum absolute atomic E-state index is 0.0487. The Hall–Kier alpha value is -1.36. The molecule has 1 atom stereocenters.